The second-order valence-electron chi connectivity index (χ2n) is 7.11. The van der Waals surface area contributed by atoms with Gasteiger partial charge in [-0.2, -0.15) is 11.8 Å². The Kier molecular flexibility index (Phi) is 7.46. The first-order valence-corrected chi connectivity index (χ1v) is 11.2. The zero-order valence-corrected chi connectivity index (χ0v) is 18.0. The third-order valence-corrected chi connectivity index (χ3v) is 5.99. The molecule has 0 saturated carbocycles. The van der Waals surface area contributed by atoms with Gasteiger partial charge in [0.15, 0.2) is 0 Å². The molecule has 2 N–H and O–H groups in total. The Morgan fingerprint density at radius 1 is 1.06 bits per heavy atom. The van der Waals surface area contributed by atoms with Crippen molar-refractivity contribution in [2.75, 3.05) is 18.1 Å². The molecule has 0 aromatic heterocycles. The van der Waals surface area contributed by atoms with Gasteiger partial charge < -0.3 is 10.4 Å². The number of benzene rings is 2. The van der Waals surface area contributed by atoms with Crippen molar-refractivity contribution >= 4 is 35.5 Å². The third-order valence-electron chi connectivity index (χ3n) is 5.06. The van der Waals surface area contributed by atoms with E-state index in [1.807, 2.05) is 37.3 Å². The molecule has 0 saturated heterocycles. The SMILES string of the molecule is CCSCCC(NC(=O)c1ccc2c(c1)C(=O)N(CCc1ccccc1)C2=O)C(=O)O. The molecule has 0 fully saturated rings. The Morgan fingerprint density at radius 2 is 1.77 bits per heavy atom. The van der Waals surface area contributed by atoms with E-state index in [0.29, 0.717) is 18.6 Å². The number of carboxylic acid groups (broad SMARTS) is 1. The lowest BCUT2D eigenvalue weighted by Crippen LogP contribution is -2.41. The molecule has 0 radical (unpaired) electrons. The summed E-state index contributed by atoms with van der Waals surface area (Å²) in [5.74, 6) is -1.05. The van der Waals surface area contributed by atoms with Gasteiger partial charge in [-0.25, -0.2) is 4.79 Å². The van der Waals surface area contributed by atoms with Gasteiger partial charge in [-0.05, 0) is 48.1 Å². The molecular weight excluding hydrogens is 416 g/mol. The first-order valence-electron chi connectivity index (χ1n) is 10.1. The molecule has 1 unspecified atom stereocenters. The van der Waals surface area contributed by atoms with Crippen LogP contribution in [0.1, 0.15) is 50.0 Å². The van der Waals surface area contributed by atoms with Gasteiger partial charge in [-0.15, -0.1) is 0 Å². The number of nitrogens with one attached hydrogen (secondary N) is 1. The topological polar surface area (TPSA) is 104 Å². The average molecular weight is 441 g/mol. The van der Waals surface area contributed by atoms with Crippen molar-refractivity contribution in [2.24, 2.45) is 0 Å². The molecule has 2 aromatic carbocycles. The fraction of sp³-hybridized carbons (Fsp3) is 0.304. The molecule has 3 rings (SSSR count). The maximum atomic E-state index is 12.8. The monoisotopic (exact) mass is 440 g/mol. The van der Waals surface area contributed by atoms with Crippen LogP contribution in [0.5, 0.6) is 0 Å². The molecule has 0 aliphatic carbocycles. The molecule has 7 nitrogen and oxygen atoms in total. The van der Waals surface area contributed by atoms with Gasteiger partial charge in [0, 0.05) is 12.1 Å². The van der Waals surface area contributed by atoms with Crippen molar-refractivity contribution in [1.29, 1.82) is 0 Å². The number of aliphatic carboxylic acids is 1. The van der Waals surface area contributed by atoms with Crippen LogP contribution in [0.3, 0.4) is 0 Å². The van der Waals surface area contributed by atoms with Crippen LogP contribution < -0.4 is 5.32 Å². The third kappa shape index (κ3) is 5.32. The molecular formula is C23H24N2O5S. The first kappa shape index (κ1) is 22.6. The predicted octanol–water partition coefficient (Wildman–Crippen LogP) is 2.85. The van der Waals surface area contributed by atoms with Crippen LogP contribution in [-0.2, 0) is 11.2 Å². The minimum absolute atomic E-state index is 0.152. The summed E-state index contributed by atoms with van der Waals surface area (Å²) in [5, 5.41) is 11.9. The van der Waals surface area contributed by atoms with Gasteiger partial charge in [0.05, 0.1) is 11.1 Å². The highest BCUT2D eigenvalue weighted by molar-refractivity contribution is 7.99. The van der Waals surface area contributed by atoms with Gasteiger partial charge in [0.1, 0.15) is 6.04 Å². The van der Waals surface area contributed by atoms with Crippen molar-refractivity contribution in [3.8, 4) is 0 Å². The zero-order valence-electron chi connectivity index (χ0n) is 17.2. The zero-order chi connectivity index (χ0) is 22.4. The van der Waals surface area contributed by atoms with Gasteiger partial charge in [-0.3, -0.25) is 19.3 Å². The summed E-state index contributed by atoms with van der Waals surface area (Å²) in [6.45, 7) is 2.22. The van der Waals surface area contributed by atoms with Crippen molar-refractivity contribution < 1.29 is 24.3 Å². The van der Waals surface area contributed by atoms with Gasteiger partial charge in [0.2, 0.25) is 0 Å². The molecule has 3 amide bonds. The van der Waals surface area contributed by atoms with E-state index in [4.69, 9.17) is 0 Å². The lowest BCUT2D eigenvalue weighted by molar-refractivity contribution is -0.139. The van der Waals surface area contributed by atoms with Crippen molar-refractivity contribution in [3.63, 3.8) is 0 Å². The highest BCUT2D eigenvalue weighted by Crippen LogP contribution is 2.24. The van der Waals surface area contributed by atoms with Crippen molar-refractivity contribution in [3.05, 3.63) is 70.8 Å². The lowest BCUT2D eigenvalue weighted by Gasteiger charge is -2.14. The van der Waals surface area contributed by atoms with E-state index < -0.39 is 23.8 Å². The Bertz CT molecular complexity index is 993. The van der Waals surface area contributed by atoms with Crippen LogP contribution in [0.4, 0.5) is 0 Å². The molecule has 1 aliphatic heterocycles. The highest BCUT2D eigenvalue weighted by atomic mass is 32.2. The number of imide groups is 1. The molecule has 0 bridgehead atoms. The number of carboxylic acids is 1. The van der Waals surface area contributed by atoms with Crippen molar-refractivity contribution in [2.45, 2.75) is 25.8 Å². The van der Waals surface area contributed by atoms with Gasteiger partial charge in [0.25, 0.3) is 17.7 Å². The summed E-state index contributed by atoms with van der Waals surface area (Å²) in [4.78, 5) is 50.6. The molecule has 162 valence electrons. The standard InChI is InChI=1S/C23H24N2O5S/c1-2-31-13-11-19(23(29)30)24-20(26)16-8-9-17-18(14-16)22(28)25(21(17)27)12-10-15-6-4-3-5-7-15/h3-9,14,19H,2,10-13H2,1H3,(H,24,26)(H,29,30). The summed E-state index contributed by atoms with van der Waals surface area (Å²) >= 11 is 1.59. The van der Waals surface area contributed by atoms with E-state index in [2.05, 4.69) is 5.32 Å². The Hall–Kier alpha value is -3.13. The predicted molar refractivity (Wildman–Crippen MR) is 118 cm³/mol. The minimum Gasteiger partial charge on any atom is -0.480 e. The number of hydrogen-bond acceptors (Lipinski definition) is 5. The molecule has 31 heavy (non-hydrogen) atoms. The van der Waals surface area contributed by atoms with Gasteiger partial charge >= 0.3 is 5.97 Å². The summed E-state index contributed by atoms with van der Waals surface area (Å²) in [6.07, 6.45) is 0.838. The average Bonchev–Trinajstić information content (AvgIpc) is 3.01. The number of carbonyl (C=O) groups excluding carboxylic acids is 3. The number of fused-ring (bicyclic) bond motifs is 1. The van der Waals surface area contributed by atoms with Crippen LogP contribution >= 0.6 is 11.8 Å². The summed E-state index contributed by atoms with van der Waals surface area (Å²) in [7, 11) is 0. The number of rotatable bonds is 10. The fourth-order valence-corrected chi connectivity index (χ4v) is 4.06. The minimum atomic E-state index is -1.11. The molecule has 8 heteroatoms. The van der Waals surface area contributed by atoms with Crippen LogP contribution in [0, 0.1) is 0 Å². The second kappa shape index (κ2) is 10.3. The van der Waals surface area contributed by atoms with E-state index in [1.165, 1.54) is 23.1 Å². The normalized spacial score (nSPS) is 13.8. The maximum Gasteiger partial charge on any atom is 0.326 e. The largest absolute Gasteiger partial charge is 0.480 e. The Labute approximate surface area is 184 Å². The van der Waals surface area contributed by atoms with Gasteiger partial charge in [-0.1, -0.05) is 37.3 Å². The van der Waals surface area contributed by atoms with E-state index in [-0.39, 0.29) is 29.1 Å². The quantitative estimate of drug-likeness (QED) is 0.435. The van der Waals surface area contributed by atoms with E-state index in [9.17, 15) is 24.3 Å². The fourth-order valence-electron chi connectivity index (χ4n) is 3.37. The smallest absolute Gasteiger partial charge is 0.326 e. The molecule has 0 spiro atoms. The Balaban J connectivity index is 1.70. The molecule has 1 atom stereocenters. The number of amides is 3. The Morgan fingerprint density at radius 3 is 2.45 bits per heavy atom. The molecule has 1 heterocycles. The summed E-state index contributed by atoms with van der Waals surface area (Å²) in [6, 6.07) is 12.8. The van der Waals surface area contributed by atoms with Crippen LogP contribution in [0.15, 0.2) is 48.5 Å². The number of hydrogen-bond donors (Lipinski definition) is 2. The molecule has 2 aromatic rings. The number of carbonyl (C=O) groups is 4. The number of nitrogens with zero attached hydrogens (tertiary/aromatic N) is 1. The van der Waals surface area contributed by atoms with E-state index >= 15 is 0 Å². The number of thioether (sulfide) groups is 1. The lowest BCUT2D eigenvalue weighted by atomic mass is 10.0. The van der Waals surface area contributed by atoms with Crippen LogP contribution in [0.2, 0.25) is 0 Å². The van der Waals surface area contributed by atoms with E-state index in [1.54, 1.807) is 11.8 Å². The summed E-state index contributed by atoms with van der Waals surface area (Å²) < 4.78 is 0. The highest BCUT2D eigenvalue weighted by Gasteiger charge is 2.35. The van der Waals surface area contributed by atoms with E-state index in [0.717, 1.165) is 11.3 Å². The molecule has 1 aliphatic rings. The summed E-state index contributed by atoms with van der Waals surface area (Å²) in [5.41, 5.74) is 1.59. The second-order valence-corrected chi connectivity index (χ2v) is 8.50. The van der Waals surface area contributed by atoms with Crippen molar-refractivity contribution in [1.82, 2.24) is 10.2 Å². The van der Waals surface area contributed by atoms with Crippen LogP contribution in [0.25, 0.3) is 0 Å². The van der Waals surface area contributed by atoms with Crippen LogP contribution in [-0.4, -0.2) is 57.8 Å². The first-order chi connectivity index (χ1) is 14.9. The maximum absolute atomic E-state index is 12.8.